The number of carbonyl (C=O) groups excluding carboxylic acids is 2. The third-order valence-corrected chi connectivity index (χ3v) is 13.2. The first-order chi connectivity index (χ1) is 30.5. The number of nitrogens with zero attached hydrogens (tertiary/aromatic N) is 1. The summed E-state index contributed by atoms with van der Waals surface area (Å²) in [6, 6.07) is 0. The molecule has 0 heterocycles. The molecule has 6 nitrogen and oxygen atoms in total. The van der Waals surface area contributed by atoms with Gasteiger partial charge in [-0.15, -0.1) is 0 Å². The Hall–Kier alpha value is -1.40. The van der Waals surface area contributed by atoms with Crippen molar-refractivity contribution < 1.29 is 24.2 Å². The molecule has 0 amide bonds. The van der Waals surface area contributed by atoms with Crippen LogP contribution in [0.1, 0.15) is 285 Å². The Morgan fingerprint density at radius 2 is 0.694 bits per heavy atom. The molecule has 0 aliphatic heterocycles. The highest BCUT2D eigenvalue weighted by molar-refractivity contribution is 5.69. The quantitative estimate of drug-likeness (QED) is 0.0373. The Morgan fingerprint density at radius 1 is 0.403 bits per heavy atom. The van der Waals surface area contributed by atoms with Crippen LogP contribution in [0.3, 0.4) is 0 Å². The van der Waals surface area contributed by atoms with Crippen LogP contribution in [0.5, 0.6) is 0 Å². The van der Waals surface area contributed by atoms with Gasteiger partial charge >= 0.3 is 11.9 Å². The molecular weight excluding hydrogens is 767 g/mol. The second kappa shape index (κ2) is 50.6. The molecule has 0 aliphatic carbocycles. The van der Waals surface area contributed by atoms with E-state index in [4.69, 9.17) is 9.47 Å². The van der Waals surface area contributed by atoms with Crippen molar-refractivity contribution in [3.05, 3.63) is 12.2 Å². The minimum absolute atomic E-state index is 0.0150. The van der Waals surface area contributed by atoms with Gasteiger partial charge in [0, 0.05) is 19.4 Å². The Morgan fingerprint density at radius 3 is 1.03 bits per heavy atom. The zero-order valence-corrected chi connectivity index (χ0v) is 42.4. The summed E-state index contributed by atoms with van der Waals surface area (Å²) < 4.78 is 11.6. The maximum absolute atomic E-state index is 12.5. The summed E-state index contributed by atoms with van der Waals surface area (Å²) >= 11 is 0. The summed E-state index contributed by atoms with van der Waals surface area (Å²) in [7, 11) is 0. The fourth-order valence-corrected chi connectivity index (χ4v) is 8.90. The lowest BCUT2D eigenvalue weighted by molar-refractivity contribution is -0.146. The van der Waals surface area contributed by atoms with E-state index in [9.17, 15) is 14.7 Å². The fraction of sp³-hybridized carbons (Fsp3) is 0.929. The molecule has 0 radical (unpaired) electrons. The number of aliphatic hydroxyl groups is 1. The van der Waals surface area contributed by atoms with Gasteiger partial charge in [-0.05, 0) is 76.3 Å². The summed E-state index contributed by atoms with van der Waals surface area (Å²) in [6.45, 7) is 13.6. The molecule has 0 bridgehead atoms. The molecule has 2 atom stereocenters. The summed E-state index contributed by atoms with van der Waals surface area (Å²) in [5.74, 6) is 1.12. The van der Waals surface area contributed by atoms with Gasteiger partial charge in [-0.25, -0.2) is 0 Å². The number of esters is 2. The van der Waals surface area contributed by atoms with Gasteiger partial charge in [0.1, 0.15) is 0 Å². The molecule has 0 aliphatic rings. The van der Waals surface area contributed by atoms with Crippen LogP contribution < -0.4 is 0 Å². The molecule has 62 heavy (non-hydrogen) atoms. The molecule has 0 aromatic rings. The maximum atomic E-state index is 12.5. The monoisotopic (exact) mass is 876 g/mol. The highest BCUT2D eigenvalue weighted by Gasteiger charge is 2.14. The number of unbranched alkanes of at least 4 members (excludes halogenated alkanes) is 28. The molecule has 0 rings (SSSR count). The molecule has 0 aromatic carbocycles. The first kappa shape index (κ1) is 60.6. The highest BCUT2D eigenvalue weighted by Crippen LogP contribution is 2.22. The number of rotatable bonds is 51. The van der Waals surface area contributed by atoms with E-state index in [0.717, 1.165) is 45.3 Å². The van der Waals surface area contributed by atoms with Gasteiger partial charge in [-0.1, -0.05) is 232 Å². The van der Waals surface area contributed by atoms with Crippen molar-refractivity contribution >= 4 is 11.9 Å². The Bertz CT molecular complexity index is 873. The molecular formula is C56H109NO5. The smallest absolute Gasteiger partial charge is 0.305 e. The molecule has 0 aromatic heterocycles. The maximum Gasteiger partial charge on any atom is 0.305 e. The number of hydrogen-bond acceptors (Lipinski definition) is 6. The number of aliphatic hydroxyl groups excluding tert-OH is 1. The SMILES string of the molecule is CCCCCCCCC(CCCCCC)COC(=O)CCCCCCCCCN(C/C=C/CO)CCCCCCCCCC(=O)OCC(CCCCCC)CCCCCCCC. The number of ether oxygens (including phenoxy) is 2. The fourth-order valence-electron chi connectivity index (χ4n) is 8.90. The van der Waals surface area contributed by atoms with Crippen molar-refractivity contribution in [3.63, 3.8) is 0 Å². The van der Waals surface area contributed by atoms with E-state index < -0.39 is 0 Å². The van der Waals surface area contributed by atoms with E-state index >= 15 is 0 Å². The van der Waals surface area contributed by atoms with Gasteiger partial charge in [0.25, 0.3) is 0 Å². The van der Waals surface area contributed by atoms with Crippen molar-refractivity contribution in [1.29, 1.82) is 0 Å². The molecule has 368 valence electrons. The highest BCUT2D eigenvalue weighted by atomic mass is 16.5. The largest absolute Gasteiger partial charge is 0.465 e. The second-order valence-corrected chi connectivity index (χ2v) is 19.3. The van der Waals surface area contributed by atoms with Gasteiger partial charge in [0.2, 0.25) is 0 Å². The Labute approximate surface area is 387 Å². The van der Waals surface area contributed by atoms with Crippen molar-refractivity contribution in [3.8, 4) is 0 Å². The van der Waals surface area contributed by atoms with Crippen molar-refractivity contribution in [2.45, 2.75) is 285 Å². The predicted octanol–water partition coefficient (Wildman–Crippen LogP) is 16.8. The van der Waals surface area contributed by atoms with Crippen LogP contribution in [-0.2, 0) is 19.1 Å². The van der Waals surface area contributed by atoms with Crippen LogP contribution in [0.4, 0.5) is 0 Å². The summed E-state index contributed by atoms with van der Waals surface area (Å²) in [5.41, 5.74) is 0. The van der Waals surface area contributed by atoms with Crippen molar-refractivity contribution in [2.75, 3.05) is 39.5 Å². The first-order valence-electron chi connectivity index (χ1n) is 27.8. The number of hydrogen-bond donors (Lipinski definition) is 1. The first-order valence-corrected chi connectivity index (χ1v) is 27.8. The average molecular weight is 876 g/mol. The molecule has 1 N–H and O–H groups in total. The third-order valence-electron chi connectivity index (χ3n) is 13.2. The van der Waals surface area contributed by atoms with E-state index in [1.54, 1.807) is 0 Å². The van der Waals surface area contributed by atoms with Crippen LogP contribution in [-0.4, -0.2) is 61.4 Å². The Balaban J connectivity index is 4.10. The van der Waals surface area contributed by atoms with E-state index in [1.165, 1.54) is 218 Å². The van der Waals surface area contributed by atoms with Crippen LogP contribution >= 0.6 is 0 Å². The summed E-state index contributed by atoms with van der Waals surface area (Å²) in [6.07, 6.45) is 52.8. The van der Waals surface area contributed by atoms with Crippen LogP contribution in [0, 0.1) is 11.8 Å². The van der Waals surface area contributed by atoms with Gasteiger partial charge < -0.3 is 14.6 Å². The summed E-state index contributed by atoms with van der Waals surface area (Å²) in [5, 5.41) is 9.25. The average Bonchev–Trinajstić information content (AvgIpc) is 3.27. The van der Waals surface area contributed by atoms with Crippen LogP contribution in [0.25, 0.3) is 0 Å². The lowest BCUT2D eigenvalue weighted by atomic mass is 9.95. The molecule has 6 heteroatoms. The van der Waals surface area contributed by atoms with E-state index in [0.29, 0.717) is 37.9 Å². The second-order valence-electron chi connectivity index (χ2n) is 19.3. The topological polar surface area (TPSA) is 76.1 Å². The lowest BCUT2D eigenvalue weighted by Crippen LogP contribution is -2.26. The normalized spacial score (nSPS) is 12.7. The van der Waals surface area contributed by atoms with Gasteiger partial charge in [0.15, 0.2) is 0 Å². The minimum Gasteiger partial charge on any atom is -0.465 e. The molecule has 2 unspecified atom stereocenters. The van der Waals surface area contributed by atoms with Gasteiger partial charge in [-0.2, -0.15) is 0 Å². The lowest BCUT2D eigenvalue weighted by Gasteiger charge is -2.20. The summed E-state index contributed by atoms with van der Waals surface area (Å²) in [4.78, 5) is 27.6. The van der Waals surface area contributed by atoms with Gasteiger partial charge in [-0.3, -0.25) is 14.5 Å². The van der Waals surface area contributed by atoms with Crippen molar-refractivity contribution in [1.82, 2.24) is 4.90 Å². The Kier molecular flexibility index (Phi) is 49.5. The van der Waals surface area contributed by atoms with E-state index in [2.05, 4.69) is 38.7 Å². The standard InChI is InChI=1S/C56H109NO5/c1-5-9-13-17-25-33-43-53(41-31-15-11-7-3)51-61-55(59)45-35-27-21-19-23-29-37-47-57(49-39-40-50-58)48-38-30-24-20-22-28-36-46-56(60)62-52-54(42-32-16-12-8-4)44-34-26-18-14-10-6-2/h39-40,53-54,58H,5-38,41-52H2,1-4H3/b40-39+. The van der Waals surface area contributed by atoms with Crippen LogP contribution in [0.15, 0.2) is 12.2 Å². The van der Waals surface area contributed by atoms with E-state index in [1.807, 2.05) is 6.08 Å². The predicted molar refractivity (Wildman–Crippen MR) is 269 cm³/mol. The zero-order chi connectivity index (χ0) is 45.2. The third kappa shape index (κ3) is 45.2. The van der Waals surface area contributed by atoms with Gasteiger partial charge in [0.05, 0.1) is 19.8 Å². The molecule has 0 saturated carbocycles. The molecule has 0 fully saturated rings. The van der Waals surface area contributed by atoms with Crippen molar-refractivity contribution in [2.24, 2.45) is 11.8 Å². The minimum atomic E-state index is 0.0150. The zero-order valence-electron chi connectivity index (χ0n) is 42.4. The molecule has 0 saturated heterocycles. The number of carbonyl (C=O) groups is 2. The molecule has 0 spiro atoms. The van der Waals surface area contributed by atoms with E-state index in [-0.39, 0.29) is 18.5 Å². The van der Waals surface area contributed by atoms with Crippen LogP contribution in [0.2, 0.25) is 0 Å².